The van der Waals surface area contributed by atoms with E-state index in [0.717, 1.165) is 31.6 Å². The minimum absolute atomic E-state index is 0.323. The van der Waals surface area contributed by atoms with Crippen LogP contribution in [0, 0.1) is 0 Å². The predicted octanol–water partition coefficient (Wildman–Crippen LogP) is 1.40. The third kappa shape index (κ3) is 4.51. The lowest BCUT2D eigenvalue weighted by Gasteiger charge is -2.23. The number of rotatable bonds is 5. The zero-order valence-electron chi connectivity index (χ0n) is 11.3. The Kier molecular flexibility index (Phi) is 4.82. The van der Waals surface area contributed by atoms with Gasteiger partial charge in [-0.15, -0.1) is 0 Å². The Morgan fingerprint density at radius 2 is 2.05 bits per heavy atom. The van der Waals surface area contributed by atoms with Crippen LogP contribution in [0.3, 0.4) is 0 Å². The largest absolute Gasteiger partial charge is 0.497 e. The first-order chi connectivity index (χ1) is 9.09. The molecule has 0 unspecified atom stereocenters. The van der Waals surface area contributed by atoms with Crippen molar-refractivity contribution in [1.29, 1.82) is 0 Å². The third-order valence-electron chi connectivity index (χ3n) is 3.54. The molecule has 1 fully saturated rings. The average Bonchev–Trinajstić information content (AvgIpc) is 2.41. The van der Waals surface area contributed by atoms with Crippen molar-refractivity contribution in [3.8, 4) is 5.75 Å². The lowest BCUT2D eigenvalue weighted by atomic mass is 10.1. The Morgan fingerprint density at radius 1 is 1.32 bits per heavy atom. The highest BCUT2D eigenvalue weighted by Gasteiger charge is 2.22. The summed E-state index contributed by atoms with van der Waals surface area (Å²) in [5, 5.41) is 3.44. The highest BCUT2D eigenvalue weighted by molar-refractivity contribution is 7.91. The third-order valence-corrected chi connectivity index (χ3v) is 5.25. The molecule has 0 radical (unpaired) electrons. The molecule has 0 aliphatic carbocycles. The number of hydrogen-bond donors (Lipinski definition) is 1. The molecule has 1 aromatic rings. The first-order valence-electron chi connectivity index (χ1n) is 6.66. The van der Waals surface area contributed by atoms with Crippen molar-refractivity contribution in [2.75, 3.05) is 25.2 Å². The van der Waals surface area contributed by atoms with Crippen molar-refractivity contribution < 1.29 is 13.2 Å². The quantitative estimate of drug-likeness (QED) is 0.887. The second kappa shape index (κ2) is 6.39. The first kappa shape index (κ1) is 14.3. The Hall–Kier alpha value is -1.07. The summed E-state index contributed by atoms with van der Waals surface area (Å²) in [5.41, 5.74) is 1.23. The molecule has 19 heavy (non-hydrogen) atoms. The molecule has 1 aliphatic rings. The van der Waals surface area contributed by atoms with E-state index in [-0.39, 0.29) is 0 Å². The van der Waals surface area contributed by atoms with Crippen LogP contribution in [0.2, 0.25) is 0 Å². The van der Waals surface area contributed by atoms with Gasteiger partial charge in [-0.05, 0) is 43.5 Å². The van der Waals surface area contributed by atoms with Crippen LogP contribution >= 0.6 is 0 Å². The van der Waals surface area contributed by atoms with Gasteiger partial charge in [-0.1, -0.05) is 12.1 Å². The number of ether oxygens (including phenoxy) is 1. The van der Waals surface area contributed by atoms with Gasteiger partial charge < -0.3 is 10.1 Å². The SMILES string of the molecule is COc1cccc(CCNC2CCS(=O)(=O)CC2)c1. The molecule has 1 aliphatic heterocycles. The lowest BCUT2D eigenvalue weighted by molar-refractivity contribution is 0.414. The maximum atomic E-state index is 11.3. The van der Waals surface area contributed by atoms with Crippen LogP contribution in [0.25, 0.3) is 0 Å². The van der Waals surface area contributed by atoms with E-state index in [1.54, 1.807) is 7.11 Å². The molecule has 4 nitrogen and oxygen atoms in total. The molecule has 0 aromatic heterocycles. The highest BCUT2D eigenvalue weighted by atomic mass is 32.2. The molecular weight excluding hydrogens is 262 g/mol. The molecule has 1 aromatic carbocycles. The van der Waals surface area contributed by atoms with Gasteiger partial charge >= 0.3 is 0 Å². The predicted molar refractivity (Wildman–Crippen MR) is 76.4 cm³/mol. The van der Waals surface area contributed by atoms with E-state index in [9.17, 15) is 8.42 Å². The van der Waals surface area contributed by atoms with Crippen molar-refractivity contribution >= 4 is 9.84 Å². The Morgan fingerprint density at radius 3 is 2.74 bits per heavy atom. The number of benzene rings is 1. The summed E-state index contributed by atoms with van der Waals surface area (Å²) in [6.45, 7) is 0.873. The highest BCUT2D eigenvalue weighted by Crippen LogP contribution is 2.14. The maximum Gasteiger partial charge on any atom is 0.150 e. The second-order valence-electron chi connectivity index (χ2n) is 4.98. The van der Waals surface area contributed by atoms with Gasteiger partial charge in [-0.3, -0.25) is 0 Å². The number of hydrogen-bond acceptors (Lipinski definition) is 4. The summed E-state index contributed by atoms with van der Waals surface area (Å²) >= 11 is 0. The van der Waals surface area contributed by atoms with E-state index < -0.39 is 9.84 Å². The minimum atomic E-state index is -2.76. The molecule has 1 N–H and O–H groups in total. The van der Waals surface area contributed by atoms with Crippen molar-refractivity contribution in [3.05, 3.63) is 29.8 Å². The monoisotopic (exact) mass is 283 g/mol. The second-order valence-corrected chi connectivity index (χ2v) is 7.29. The van der Waals surface area contributed by atoms with Gasteiger partial charge in [0.15, 0.2) is 0 Å². The van der Waals surface area contributed by atoms with E-state index in [4.69, 9.17) is 4.74 Å². The Bertz CT molecular complexity index is 499. The molecule has 1 heterocycles. The van der Waals surface area contributed by atoms with Crippen molar-refractivity contribution in [1.82, 2.24) is 5.32 Å². The molecule has 0 spiro atoms. The van der Waals surface area contributed by atoms with Gasteiger partial charge in [0.1, 0.15) is 15.6 Å². The van der Waals surface area contributed by atoms with Crippen LogP contribution in [0.4, 0.5) is 0 Å². The zero-order valence-corrected chi connectivity index (χ0v) is 12.1. The molecule has 0 atom stereocenters. The van der Waals surface area contributed by atoms with Gasteiger partial charge in [-0.2, -0.15) is 0 Å². The topological polar surface area (TPSA) is 55.4 Å². The lowest BCUT2D eigenvalue weighted by Crippen LogP contribution is -2.38. The standard InChI is InChI=1S/C14H21NO3S/c1-18-14-4-2-3-12(11-14)5-8-15-13-6-9-19(16,17)10-7-13/h2-4,11,13,15H,5-10H2,1H3. The maximum absolute atomic E-state index is 11.3. The number of methoxy groups -OCH3 is 1. The molecule has 106 valence electrons. The summed E-state index contributed by atoms with van der Waals surface area (Å²) in [7, 11) is -1.09. The van der Waals surface area contributed by atoms with Gasteiger partial charge in [-0.25, -0.2) is 8.42 Å². The van der Waals surface area contributed by atoms with E-state index in [1.807, 2.05) is 18.2 Å². The van der Waals surface area contributed by atoms with Crippen LogP contribution in [0.1, 0.15) is 18.4 Å². The fourth-order valence-electron chi connectivity index (χ4n) is 2.34. The fourth-order valence-corrected chi connectivity index (χ4v) is 3.83. The Labute approximate surface area is 115 Å². The molecule has 0 amide bonds. The van der Waals surface area contributed by atoms with Crippen molar-refractivity contribution in [2.24, 2.45) is 0 Å². The van der Waals surface area contributed by atoms with Crippen LogP contribution in [-0.4, -0.2) is 39.6 Å². The zero-order chi connectivity index (χ0) is 13.7. The minimum Gasteiger partial charge on any atom is -0.497 e. The van der Waals surface area contributed by atoms with Crippen molar-refractivity contribution in [2.45, 2.75) is 25.3 Å². The molecule has 2 rings (SSSR count). The van der Waals surface area contributed by atoms with E-state index in [1.165, 1.54) is 5.56 Å². The van der Waals surface area contributed by atoms with Gasteiger partial charge in [0.25, 0.3) is 0 Å². The van der Waals surface area contributed by atoms with Crippen LogP contribution in [-0.2, 0) is 16.3 Å². The van der Waals surface area contributed by atoms with Gasteiger partial charge in [0, 0.05) is 6.04 Å². The number of nitrogens with one attached hydrogen (secondary N) is 1. The van der Waals surface area contributed by atoms with Gasteiger partial charge in [0.2, 0.25) is 0 Å². The van der Waals surface area contributed by atoms with Crippen LogP contribution < -0.4 is 10.1 Å². The average molecular weight is 283 g/mol. The molecule has 1 saturated heterocycles. The van der Waals surface area contributed by atoms with E-state index >= 15 is 0 Å². The number of sulfone groups is 1. The first-order valence-corrected chi connectivity index (χ1v) is 8.48. The molecule has 5 heteroatoms. The van der Waals surface area contributed by atoms with Crippen LogP contribution in [0.15, 0.2) is 24.3 Å². The Balaban J connectivity index is 1.74. The summed E-state index contributed by atoms with van der Waals surface area (Å²) in [6.07, 6.45) is 2.40. The fraction of sp³-hybridized carbons (Fsp3) is 0.571. The van der Waals surface area contributed by atoms with Gasteiger partial charge in [0.05, 0.1) is 18.6 Å². The molecule has 0 saturated carbocycles. The summed E-state index contributed by atoms with van der Waals surface area (Å²) < 4.78 is 27.8. The van der Waals surface area contributed by atoms with E-state index in [2.05, 4.69) is 11.4 Å². The molecular formula is C14H21NO3S. The van der Waals surface area contributed by atoms with E-state index in [0.29, 0.717) is 17.5 Å². The smallest absolute Gasteiger partial charge is 0.150 e. The summed E-state index contributed by atoms with van der Waals surface area (Å²) in [6, 6.07) is 8.38. The van der Waals surface area contributed by atoms with Crippen molar-refractivity contribution in [3.63, 3.8) is 0 Å². The molecule has 0 bridgehead atoms. The van der Waals surface area contributed by atoms with Crippen LogP contribution in [0.5, 0.6) is 5.75 Å². The summed E-state index contributed by atoms with van der Waals surface area (Å²) in [4.78, 5) is 0. The summed E-state index contributed by atoms with van der Waals surface area (Å²) in [5.74, 6) is 1.52. The normalized spacial score (nSPS) is 19.2.